The van der Waals surface area contributed by atoms with Crippen molar-refractivity contribution in [2.24, 2.45) is 0 Å². The number of fused-ring (bicyclic) bond motifs is 1. The van der Waals surface area contributed by atoms with Gasteiger partial charge in [-0.1, -0.05) is 67.1 Å². The van der Waals surface area contributed by atoms with E-state index in [0.29, 0.717) is 17.9 Å². The molecule has 4 rings (SSSR count). The average Bonchev–Trinajstić information content (AvgIpc) is 2.82. The quantitative estimate of drug-likeness (QED) is 0.610. The molecule has 0 aliphatic carbocycles. The molecule has 0 fully saturated rings. The topological polar surface area (TPSA) is 75.7 Å². The molecule has 1 aliphatic heterocycles. The van der Waals surface area contributed by atoms with Crippen molar-refractivity contribution in [2.75, 3.05) is 10.8 Å². The Bertz CT molecular complexity index is 1190. The van der Waals surface area contributed by atoms with Crippen molar-refractivity contribution in [3.63, 3.8) is 0 Å². The second-order valence-electron chi connectivity index (χ2n) is 7.80. The van der Waals surface area contributed by atoms with Crippen molar-refractivity contribution in [3.8, 4) is 5.75 Å². The van der Waals surface area contributed by atoms with Gasteiger partial charge in [0.05, 0.1) is 23.2 Å². The third-order valence-electron chi connectivity index (χ3n) is 5.56. The molecular weight excluding hydrogens is 424 g/mol. The molecule has 1 amide bonds. The van der Waals surface area contributed by atoms with Crippen molar-refractivity contribution >= 4 is 21.6 Å². The molecule has 3 aromatic rings. The number of aryl methyl sites for hydroxylation is 1. The standard InChI is InChI=1S/C25H26N2O4S/c1-3-21(19-9-5-4-6-10-19)26-25(28)24-17-27(22-11-7-8-12-23(22)31-24)32(29,30)20-15-13-18(2)14-16-20/h4-16,21,24H,3,17H2,1-2H3,(H,26,28)/t21-,24-/m1/s1. The van der Waals surface area contributed by atoms with E-state index in [1.54, 1.807) is 48.5 Å². The minimum Gasteiger partial charge on any atom is -0.476 e. The number of amides is 1. The van der Waals surface area contributed by atoms with Crippen LogP contribution in [-0.2, 0) is 14.8 Å². The lowest BCUT2D eigenvalue weighted by Gasteiger charge is -2.35. The van der Waals surface area contributed by atoms with Crippen LogP contribution in [0, 0.1) is 6.92 Å². The highest BCUT2D eigenvalue weighted by atomic mass is 32.2. The fourth-order valence-electron chi connectivity index (χ4n) is 3.77. The molecule has 0 bridgehead atoms. The maximum Gasteiger partial charge on any atom is 0.264 e. The van der Waals surface area contributed by atoms with E-state index in [2.05, 4.69) is 5.32 Å². The summed E-state index contributed by atoms with van der Waals surface area (Å²) in [6.07, 6.45) is -0.271. The van der Waals surface area contributed by atoms with Crippen LogP contribution in [0.5, 0.6) is 5.75 Å². The Kier molecular flexibility index (Phi) is 6.19. The zero-order valence-corrected chi connectivity index (χ0v) is 18.9. The summed E-state index contributed by atoms with van der Waals surface area (Å²) in [6.45, 7) is 3.78. The summed E-state index contributed by atoms with van der Waals surface area (Å²) in [4.78, 5) is 13.3. The van der Waals surface area contributed by atoms with Crippen LogP contribution in [0.4, 0.5) is 5.69 Å². The number of sulfonamides is 1. The highest BCUT2D eigenvalue weighted by molar-refractivity contribution is 7.92. The molecule has 6 nitrogen and oxygen atoms in total. The number of carbonyl (C=O) groups excluding carboxylic acids is 1. The monoisotopic (exact) mass is 450 g/mol. The van der Waals surface area contributed by atoms with Gasteiger partial charge in [-0.3, -0.25) is 9.10 Å². The third kappa shape index (κ3) is 4.34. The van der Waals surface area contributed by atoms with Crippen molar-refractivity contribution in [1.82, 2.24) is 5.32 Å². The fraction of sp³-hybridized carbons (Fsp3) is 0.240. The molecule has 1 heterocycles. The summed E-state index contributed by atoms with van der Waals surface area (Å²) in [7, 11) is -3.87. The number of para-hydroxylation sites is 2. The molecule has 0 unspecified atom stereocenters. The Morgan fingerprint density at radius 3 is 2.38 bits per heavy atom. The molecule has 166 valence electrons. The average molecular weight is 451 g/mol. The second kappa shape index (κ2) is 9.04. The Balaban J connectivity index is 1.63. The first-order valence-electron chi connectivity index (χ1n) is 10.6. The van der Waals surface area contributed by atoms with Crippen molar-refractivity contribution < 1.29 is 17.9 Å². The fourth-order valence-corrected chi connectivity index (χ4v) is 5.25. The molecule has 2 atom stereocenters. The van der Waals surface area contributed by atoms with Gasteiger partial charge in [-0.15, -0.1) is 0 Å². The Morgan fingerprint density at radius 1 is 1.03 bits per heavy atom. The van der Waals surface area contributed by atoms with Gasteiger partial charge in [0.25, 0.3) is 15.9 Å². The maximum atomic E-state index is 13.5. The zero-order valence-electron chi connectivity index (χ0n) is 18.1. The summed E-state index contributed by atoms with van der Waals surface area (Å²) in [5.74, 6) is 0.0154. The molecular formula is C25H26N2O4S. The molecule has 0 aromatic heterocycles. The van der Waals surface area contributed by atoms with Gasteiger partial charge in [0.1, 0.15) is 5.75 Å². The van der Waals surface area contributed by atoms with Crippen LogP contribution in [0.3, 0.4) is 0 Å². The SMILES string of the molecule is CC[C@@H](NC(=O)[C@H]1CN(S(=O)(=O)c2ccc(C)cc2)c2ccccc2O1)c1ccccc1. The molecule has 0 radical (unpaired) electrons. The lowest BCUT2D eigenvalue weighted by atomic mass is 10.0. The van der Waals surface area contributed by atoms with Gasteiger partial charge in [0.15, 0.2) is 6.10 Å². The van der Waals surface area contributed by atoms with Gasteiger partial charge in [-0.05, 0) is 43.2 Å². The van der Waals surface area contributed by atoms with Gasteiger partial charge in [0.2, 0.25) is 0 Å². The van der Waals surface area contributed by atoms with Crippen LogP contribution >= 0.6 is 0 Å². The molecule has 0 saturated carbocycles. The van der Waals surface area contributed by atoms with E-state index in [1.807, 2.05) is 44.2 Å². The summed E-state index contributed by atoms with van der Waals surface area (Å²) >= 11 is 0. The number of carbonyl (C=O) groups is 1. The van der Waals surface area contributed by atoms with Gasteiger partial charge in [-0.2, -0.15) is 0 Å². The van der Waals surface area contributed by atoms with Crippen molar-refractivity contribution in [2.45, 2.75) is 37.3 Å². The van der Waals surface area contributed by atoms with E-state index in [9.17, 15) is 13.2 Å². The Hall–Kier alpha value is -3.32. The van der Waals surface area contributed by atoms with E-state index in [1.165, 1.54) is 4.31 Å². The number of benzene rings is 3. The first-order valence-corrected chi connectivity index (χ1v) is 12.0. The van der Waals surface area contributed by atoms with Crippen molar-refractivity contribution in [1.29, 1.82) is 0 Å². The maximum absolute atomic E-state index is 13.5. The molecule has 0 spiro atoms. The zero-order chi connectivity index (χ0) is 22.7. The summed E-state index contributed by atoms with van der Waals surface area (Å²) < 4.78 is 34.1. The largest absolute Gasteiger partial charge is 0.476 e. The van der Waals surface area contributed by atoms with Crippen molar-refractivity contribution in [3.05, 3.63) is 90.0 Å². The number of anilines is 1. The van der Waals surface area contributed by atoms with Gasteiger partial charge < -0.3 is 10.1 Å². The highest BCUT2D eigenvalue weighted by Crippen LogP contribution is 2.37. The number of nitrogens with one attached hydrogen (secondary N) is 1. The number of rotatable bonds is 6. The summed E-state index contributed by atoms with van der Waals surface area (Å²) in [6, 6.07) is 23.1. The summed E-state index contributed by atoms with van der Waals surface area (Å²) in [5.41, 5.74) is 2.38. The first kappa shape index (κ1) is 21.9. The van der Waals surface area contributed by atoms with Crippen LogP contribution < -0.4 is 14.4 Å². The number of hydrogen-bond acceptors (Lipinski definition) is 4. The minimum atomic E-state index is -3.87. The Morgan fingerprint density at radius 2 is 1.69 bits per heavy atom. The van der Waals surface area contributed by atoms with E-state index < -0.39 is 16.1 Å². The third-order valence-corrected chi connectivity index (χ3v) is 7.36. The molecule has 1 aliphatic rings. The summed E-state index contributed by atoms with van der Waals surface area (Å²) in [5, 5.41) is 3.02. The molecule has 3 aromatic carbocycles. The van der Waals surface area contributed by atoms with Crippen LogP contribution in [0.2, 0.25) is 0 Å². The highest BCUT2D eigenvalue weighted by Gasteiger charge is 2.37. The van der Waals surface area contributed by atoms with E-state index in [0.717, 1.165) is 11.1 Å². The first-order chi connectivity index (χ1) is 15.4. The van der Waals surface area contributed by atoms with Gasteiger partial charge in [-0.25, -0.2) is 8.42 Å². The van der Waals surface area contributed by atoms with Crippen LogP contribution in [0.1, 0.15) is 30.5 Å². The predicted molar refractivity (Wildman–Crippen MR) is 124 cm³/mol. The molecule has 1 N–H and O–H groups in total. The number of hydrogen-bond donors (Lipinski definition) is 1. The normalized spacial score (nSPS) is 16.6. The van der Waals surface area contributed by atoms with Crippen LogP contribution in [0.25, 0.3) is 0 Å². The lowest BCUT2D eigenvalue weighted by Crippen LogP contribution is -2.51. The van der Waals surface area contributed by atoms with Gasteiger partial charge in [0, 0.05) is 0 Å². The minimum absolute atomic E-state index is 0.107. The Labute approximate surface area is 188 Å². The van der Waals surface area contributed by atoms with E-state index >= 15 is 0 Å². The van der Waals surface area contributed by atoms with E-state index in [-0.39, 0.29) is 23.4 Å². The number of nitrogens with zero attached hydrogens (tertiary/aromatic N) is 1. The predicted octanol–water partition coefficient (Wildman–Crippen LogP) is 4.22. The molecule has 32 heavy (non-hydrogen) atoms. The van der Waals surface area contributed by atoms with E-state index in [4.69, 9.17) is 4.74 Å². The van der Waals surface area contributed by atoms with Crippen LogP contribution in [-0.4, -0.2) is 27.0 Å². The molecule has 0 saturated heterocycles. The van der Waals surface area contributed by atoms with Crippen LogP contribution in [0.15, 0.2) is 83.8 Å². The lowest BCUT2D eigenvalue weighted by molar-refractivity contribution is -0.128. The second-order valence-corrected chi connectivity index (χ2v) is 9.67. The number of ether oxygens (including phenoxy) is 1. The van der Waals surface area contributed by atoms with Gasteiger partial charge >= 0.3 is 0 Å². The smallest absolute Gasteiger partial charge is 0.264 e. The molecule has 7 heteroatoms.